The minimum Gasteiger partial charge on any atom is -0.390 e. The topological polar surface area (TPSA) is 110 Å². The maximum atomic E-state index is 13.5. The van der Waals surface area contributed by atoms with Crippen molar-refractivity contribution >= 4 is 29.5 Å². The van der Waals surface area contributed by atoms with Gasteiger partial charge < -0.3 is 30.4 Å². The minimum absolute atomic E-state index is 0.0278. The van der Waals surface area contributed by atoms with E-state index in [1.165, 1.54) is 16.8 Å². The molecule has 0 spiro atoms. The number of carbonyl (C=O) groups excluding carboxylic acids is 3. The molecule has 2 atom stereocenters. The lowest BCUT2D eigenvalue weighted by Crippen LogP contribution is -2.56. The molecule has 0 aromatic heterocycles. The van der Waals surface area contributed by atoms with Gasteiger partial charge in [0.15, 0.2) is 0 Å². The van der Waals surface area contributed by atoms with Gasteiger partial charge in [-0.1, -0.05) is 27.7 Å². The Bertz CT molecular complexity index is 729. The molecule has 0 unspecified atom stereocenters. The van der Waals surface area contributed by atoms with Crippen LogP contribution in [0.15, 0.2) is 0 Å². The molecule has 1 rings (SSSR count). The molecule has 1 fully saturated rings. The number of hydrogen-bond donors (Lipinski definition) is 2. The third-order valence-electron chi connectivity index (χ3n) is 6.65. The number of hydrogen-bond acceptors (Lipinski definition) is 7. The maximum absolute atomic E-state index is 13.5. The van der Waals surface area contributed by atoms with Crippen molar-refractivity contribution in [2.75, 3.05) is 64.9 Å². The van der Waals surface area contributed by atoms with Crippen LogP contribution < -0.4 is 5.73 Å². The molecule has 0 bridgehead atoms. The van der Waals surface area contributed by atoms with Crippen molar-refractivity contribution in [2.24, 2.45) is 11.1 Å². The van der Waals surface area contributed by atoms with E-state index in [0.29, 0.717) is 24.0 Å². The average molecular weight is 544 g/mol. The monoisotopic (exact) mass is 543 g/mol. The minimum atomic E-state index is -1.17. The first-order chi connectivity index (χ1) is 17.1. The summed E-state index contributed by atoms with van der Waals surface area (Å²) >= 11 is 1.66. The van der Waals surface area contributed by atoms with Crippen LogP contribution >= 0.6 is 11.8 Å². The van der Waals surface area contributed by atoms with E-state index >= 15 is 0 Å². The second-order valence-electron chi connectivity index (χ2n) is 12.3. The van der Waals surface area contributed by atoms with E-state index in [-0.39, 0.29) is 18.2 Å². The van der Waals surface area contributed by atoms with Crippen molar-refractivity contribution in [3.05, 3.63) is 0 Å². The summed E-state index contributed by atoms with van der Waals surface area (Å²) in [7, 11) is 3.18. The number of nitrogens with zero attached hydrogens (tertiary/aromatic N) is 4. The summed E-state index contributed by atoms with van der Waals surface area (Å²) in [5.74, 6) is 0.231. The molecule has 37 heavy (non-hydrogen) atoms. The van der Waals surface area contributed by atoms with Gasteiger partial charge >= 0.3 is 0 Å². The number of carbonyl (C=O) groups is 3. The lowest BCUT2D eigenvalue weighted by molar-refractivity contribution is -0.147. The molecule has 0 aromatic carbocycles. The van der Waals surface area contributed by atoms with Gasteiger partial charge in [-0.25, -0.2) is 0 Å². The second kappa shape index (κ2) is 15.3. The SMILES string of the molecule is CCCC(=O)N(C)[C@H](CSCCCN1CCN(CC(C)(C)C)CC1)C(=O)N(C)[C@@H](CC(C)(C)O)C(N)=O. The van der Waals surface area contributed by atoms with Crippen LogP contribution in [0.4, 0.5) is 0 Å². The van der Waals surface area contributed by atoms with Crippen molar-refractivity contribution in [1.29, 1.82) is 0 Å². The molecule has 0 radical (unpaired) electrons. The number of likely N-dealkylation sites (N-methyl/N-ethyl adjacent to an activating group) is 2. The van der Waals surface area contributed by atoms with Crippen LogP contribution in [0.1, 0.15) is 67.2 Å². The summed E-state index contributed by atoms with van der Waals surface area (Å²) in [5, 5.41) is 10.2. The predicted octanol–water partition coefficient (Wildman–Crippen LogP) is 1.87. The van der Waals surface area contributed by atoms with Crippen LogP contribution in [0.25, 0.3) is 0 Å². The quantitative estimate of drug-likeness (QED) is 0.304. The number of thioether (sulfide) groups is 1. The van der Waals surface area contributed by atoms with Gasteiger partial charge in [0.1, 0.15) is 12.1 Å². The Morgan fingerprint density at radius 2 is 1.54 bits per heavy atom. The zero-order chi connectivity index (χ0) is 28.4. The molecule has 0 aliphatic carbocycles. The summed E-state index contributed by atoms with van der Waals surface area (Å²) in [4.78, 5) is 46.1. The van der Waals surface area contributed by atoms with Crippen LogP contribution in [-0.2, 0) is 14.4 Å². The zero-order valence-electron chi connectivity index (χ0n) is 24.6. The molecule has 1 saturated heterocycles. The molecular weight excluding hydrogens is 490 g/mol. The number of amides is 3. The van der Waals surface area contributed by atoms with E-state index in [4.69, 9.17) is 5.73 Å². The van der Waals surface area contributed by atoms with Gasteiger partial charge in [-0.2, -0.15) is 11.8 Å². The van der Waals surface area contributed by atoms with Crippen molar-refractivity contribution in [1.82, 2.24) is 19.6 Å². The van der Waals surface area contributed by atoms with Crippen LogP contribution in [0.2, 0.25) is 0 Å². The van der Waals surface area contributed by atoms with Crippen molar-refractivity contribution in [2.45, 2.75) is 84.9 Å². The molecule has 1 heterocycles. The molecule has 0 saturated carbocycles. The van der Waals surface area contributed by atoms with Gasteiger partial charge in [0.05, 0.1) is 5.60 Å². The van der Waals surface area contributed by atoms with E-state index in [1.54, 1.807) is 32.7 Å². The highest BCUT2D eigenvalue weighted by molar-refractivity contribution is 7.99. The summed E-state index contributed by atoms with van der Waals surface area (Å²) in [6, 6.07) is -1.65. The smallest absolute Gasteiger partial charge is 0.246 e. The Balaban J connectivity index is 2.68. The molecule has 9 nitrogen and oxygen atoms in total. The van der Waals surface area contributed by atoms with E-state index in [1.807, 2.05) is 6.92 Å². The Morgan fingerprint density at radius 3 is 2.03 bits per heavy atom. The number of rotatable bonds is 15. The van der Waals surface area contributed by atoms with Gasteiger partial charge in [0, 0.05) is 65.4 Å². The maximum Gasteiger partial charge on any atom is 0.246 e. The molecule has 0 aromatic rings. The Labute approximate surface area is 229 Å². The first-order valence-electron chi connectivity index (χ1n) is 13.6. The summed E-state index contributed by atoms with van der Waals surface area (Å²) in [6.07, 6.45) is 2.09. The highest BCUT2D eigenvalue weighted by Gasteiger charge is 2.36. The number of primary amides is 1. The van der Waals surface area contributed by atoms with Crippen LogP contribution in [0.3, 0.4) is 0 Å². The zero-order valence-corrected chi connectivity index (χ0v) is 25.4. The first-order valence-corrected chi connectivity index (χ1v) is 14.8. The van der Waals surface area contributed by atoms with E-state index in [9.17, 15) is 19.5 Å². The Kier molecular flexibility index (Phi) is 13.9. The number of aliphatic hydroxyl groups is 1. The second-order valence-corrected chi connectivity index (χ2v) is 13.4. The molecule has 3 amide bonds. The largest absolute Gasteiger partial charge is 0.390 e. The van der Waals surface area contributed by atoms with Gasteiger partial charge in [0.25, 0.3) is 0 Å². The highest BCUT2D eigenvalue weighted by Crippen LogP contribution is 2.20. The molecule has 1 aliphatic heterocycles. The van der Waals surface area contributed by atoms with Crippen LogP contribution in [0.5, 0.6) is 0 Å². The molecule has 3 N–H and O–H groups in total. The summed E-state index contributed by atoms with van der Waals surface area (Å²) in [5.41, 5.74) is 4.73. The fourth-order valence-corrected chi connectivity index (χ4v) is 5.72. The number of nitrogens with two attached hydrogens (primary N) is 1. The molecule has 10 heteroatoms. The normalized spacial score (nSPS) is 17.3. The lowest BCUT2D eigenvalue weighted by Gasteiger charge is -2.37. The average Bonchev–Trinajstić information content (AvgIpc) is 2.78. The number of piperazine rings is 1. The van der Waals surface area contributed by atoms with Crippen LogP contribution in [-0.4, -0.2) is 125 Å². The van der Waals surface area contributed by atoms with Gasteiger partial charge in [-0.05, 0) is 44.4 Å². The van der Waals surface area contributed by atoms with Gasteiger partial charge in [-0.3, -0.25) is 14.4 Å². The van der Waals surface area contributed by atoms with Gasteiger partial charge in [0.2, 0.25) is 17.7 Å². The summed E-state index contributed by atoms with van der Waals surface area (Å²) < 4.78 is 0. The third-order valence-corrected chi connectivity index (χ3v) is 7.78. The predicted molar refractivity (Wildman–Crippen MR) is 152 cm³/mol. The standard InChI is InChI=1S/C27H53N5O4S/c1-9-11-23(33)29(7)22(25(35)30(8)21(24(28)34)18-27(5,6)36)19-37-17-10-12-31-13-15-32(16-14-31)20-26(2,3)4/h21-22,36H,9-20H2,1-8H3,(H2,28,34)/t21-,22+/m0/s1. The van der Waals surface area contributed by atoms with E-state index in [0.717, 1.165) is 51.4 Å². The van der Waals surface area contributed by atoms with Crippen molar-refractivity contribution in [3.63, 3.8) is 0 Å². The van der Waals surface area contributed by atoms with Crippen molar-refractivity contribution in [3.8, 4) is 0 Å². The lowest BCUT2D eigenvalue weighted by atomic mass is 9.96. The van der Waals surface area contributed by atoms with E-state index in [2.05, 4.69) is 30.6 Å². The van der Waals surface area contributed by atoms with E-state index < -0.39 is 23.6 Å². The Hall–Kier alpha value is -1.36. The van der Waals surface area contributed by atoms with Crippen LogP contribution in [0, 0.1) is 5.41 Å². The Morgan fingerprint density at radius 1 is 0.973 bits per heavy atom. The van der Waals surface area contributed by atoms with Gasteiger partial charge in [-0.15, -0.1) is 0 Å². The fourth-order valence-electron chi connectivity index (χ4n) is 4.63. The first kappa shape index (κ1) is 33.7. The molecule has 1 aliphatic rings. The third kappa shape index (κ3) is 12.8. The highest BCUT2D eigenvalue weighted by atomic mass is 32.2. The fraction of sp³-hybridized carbons (Fsp3) is 0.889. The van der Waals surface area contributed by atoms with Crippen molar-refractivity contribution < 1.29 is 19.5 Å². The summed E-state index contributed by atoms with van der Waals surface area (Å²) in [6.45, 7) is 18.4. The molecule has 216 valence electrons. The molecular formula is C27H53N5O4S.